The molecule has 0 atom stereocenters. The number of hydrogen-bond donors (Lipinski definition) is 1. The Hall–Kier alpha value is -2.88. The van der Waals surface area contributed by atoms with Crippen LogP contribution in [0.25, 0.3) is 5.57 Å². The van der Waals surface area contributed by atoms with Gasteiger partial charge in [-0.05, 0) is 64.6 Å². The SMILES string of the molecule is C=C(C(=O)Oc1ccc2c(c1)C(C)(C)CCC2(C)C)c1ccc(C(=O)O)cc1. The van der Waals surface area contributed by atoms with Gasteiger partial charge in [0.15, 0.2) is 0 Å². The average molecular weight is 378 g/mol. The minimum Gasteiger partial charge on any atom is -0.478 e. The fraction of sp³-hybridized carbons (Fsp3) is 0.333. The summed E-state index contributed by atoms with van der Waals surface area (Å²) in [5.74, 6) is -1.06. The van der Waals surface area contributed by atoms with Crippen LogP contribution in [0.4, 0.5) is 0 Å². The van der Waals surface area contributed by atoms with Gasteiger partial charge in [0.05, 0.1) is 11.1 Å². The van der Waals surface area contributed by atoms with Gasteiger partial charge in [-0.1, -0.05) is 52.5 Å². The number of benzene rings is 2. The van der Waals surface area contributed by atoms with Gasteiger partial charge >= 0.3 is 11.9 Å². The maximum Gasteiger partial charge on any atom is 0.343 e. The van der Waals surface area contributed by atoms with Crippen LogP contribution in [-0.4, -0.2) is 17.0 Å². The zero-order valence-electron chi connectivity index (χ0n) is 16.8. The molecule has 4 nitrogen and oxygen atoms in total. The van der Waals surface area contributed by atoms with Gasteiger partial charge in [-0.2, -0.15) is 0 Å². The molecule has 1 aliphatic carbocycles. The molecule has 1 N–H and O–H groups in total. The van der Waals surface area contributed by atoms with Gasteiger partial charge in [-0.15, -0.1) is 0 Å². The Morgan fingerprint density at radius 2 is 1.43 bits per heavy atom. The predicted molar refractivity (Wildman–Crippen MR) is 110 cm³/mol. The van der Waals surface area contributed by atoms with Crippen molar-refractivity contribution in [3.8, 4) is 5.75 Å². The van der Waals surface area contributed by atoms with Crippen LogP contribution in [0.3, 0.4) is 0 Å². The number of carbonyl (C=O) groups is 2. The summed E-state index contributed by atoms with van der Waals surface area (Å²) in [6, 6.07) is 11.9. The van der Waals surface area contributed by atoms with E-state index in [1.807, 2.05) is 12.1 Å². The molecule has 2 aromatic rings. The van der Waals surface area contributed by atoms with E-state index < -0.39 is 11.9 Å². The topological polar surface area (TPSA) is 63.6 Å². The van der Waals surface area contributed by atoms with E-state index in [1.54, 1.807) is 12.1 Å². The van der Waals surface area contributed by atoms with Crippen LogP contribution >= 0.6 is 0 Å². The number of rotatable bonds is 4. The molecule has 0 fully saturated rings. The van der Waals surface area contributed by atoms with Crippen molar-refractivity contribution in [3.63, 3.8) is 0 Å². The lowest BCUT2D eigenvalue weighted by Crippen LogP contribution is -2.33. The molecule has 4 heteroatoms. The van der Waals surface area contributed by atoms with Crippen molar-refractivity contribution in [2.24, 2.45) is 0 Å². The number of ether oxygens (including phenoxy) is 1. The largest absolute Gasteiger partial charge is 0.478 e. The standard InChI is InChI=1S/C24H26O4/c1-15(16-6-8-17(9-7-16)21(25)26)22(27)28-18-10-11-19-20(14-18)24(4,5)13-12-23(19,2)3/h6-11,14H,1,12-13H2,2-5H3,(H,25,26). The molecule has 0 heterocycles. The first-order chi connectivity index (χ1) is 13.0. The fourth-order valence-corrected chi connectivity index (χ4v) is 3.73. The smallest absolute Gasteiger partial charge is 0.343 e. The summed E-state index contributed by atoms with van der Waals surface area (Å²) < 4.78 is 5.58. The van der Waals surface area contributed by atoms with Crippen molar-refractivity contribution in [3.05, 3.63) is 71.3 Å². The van der Waals surface area contributed by atoms with E-state index in [-0.39, 0.29) is 22.0 Å². The summed E-state index contributed by atoms with van der Waals surface area (Å²) in [7, 11) is 0. The van der Waals surface area contributed by atoms with Gasteiger partial charge in [-0.25, -0.2) is 9.59 Å². The summed E-state index contributed by atoms with van der Waals surface area (Å²) in [6.45, 7) is 12.7. The van der Waals surface area contributed by atoms with Crippen molar-refractivity contribution < 1.29 is 19.4 Å². The molecule has 0 saturated carbocycles. The molecule has 3 rings (SSSR count). The normalized spacial score (nSPS) is 16.7. The van der Waals surface area contributed by atoms with Gasteiger partial charge in [-0.3, -0.25) is 0 Å². The van der Waals surface area contributed by atoms with Gasteiger partial charge in [0.2, 0.25) is 0 Å². The average Bonchev–Trinajstić information content (AvgIpc) is 2.65. The minimum absolute atomic E-state index is 0.0247. The molecule has 0 saturated heterocycles. The Morgan fingerprint density at radius 3 is 2.00 bits per heavy atom. The number of carboxylic acid groups (broad SMARTS) is 1. The highest BCUT2D eigenvalue weighted by molar-refractivity contribution is 6.16. The lowest BCUT2D eigenvalue weighted by Gasteiger charge is -2.41. The van der Waals surface area contributed by atoms with E-state index >= 15 is 0 Å². The third kappa shape index (κ3) is 3.72. The first-order valence-electron chi connectivity index (χ1n) is 9.41. The van der Waals surface area contributed by atoms with Crippen molar-refractivity contribution in [2.45, 2.75) is 51.4 Å². The second-order valence-corrected chi connectivity index (χ2v) is 8.73. The van der Waals surface area contributed by atoms with Crippen molar-refractivity contribution in [2.75, 3.05) is 0 Å². The number of hydrogen-bond acceptors (Lipinski definition) is 3. The number of fused-ring (bicyclic) bond motifs is 1. The molecular weight excluding hydrogens is 352 g/mol. The summed E-state index contributed by atoms with van der Waals surface area (Å²) >= 11 is 0. The first kappa shape index (κ1) is 19.9. The van der Waals surface area contributed by atoms with E-state index in [4.69, 9.17) is 9.84 Å². The van der Waals surface area contributed by atoms with Crippen LogP contribution in [0, 0.1) is 0 Å². The van der Waals surface area contributed by atoms with E-state index in [0.717, 1.165) is 12.8 Å². The zero-order chi connectivity index (χ0) is 20.7. The van der Waals surface area contributed by atoms with Crippen molar-refractivity contribution >= 4 is 17.5 Å². The Kier molecular flexibility index (Phi) is 4.92. The molecule has 2 aromatic carbocycles. The lowest BCUT2D eigenvalue weighted by atomic mass is 9.63. The third-order valence-electron chi connectivity index (χ3n) is 5.76. The summed E-state index contributed by atoms with van der Waals surface area (Å²) in [6.07, 6.45) is 2.20. The van der Waals surface area contributed by atoms with Crippen LogP contribution in [-0.2, 0) is 15.6 Å². The van der Waals surface area contributed by atoms with Crippen LogP contribution in [0.5, 0.6) is 5.75 Å². The van der Waals surface area contributed by atoms with Crippen LogP contribution in [0.2, 0.25) is 0 Å². The van der Waals surface area contributed by atoms with E-state index in [9.17, 15) is 9.59 Å². The maximum absolute atomic E-state index is 12.6. The Morgan fingerprint density at radius 1 is 0.893 bits per heavy atom. The summed E-state index contributed by atoms with van der Waals surface area (Å²) in [5.41, 5.74) is 3.52. The molecule has 0 unspecified atom stereocenters. The molecule has 0 bridgehead atoms. The van der Waals surface area contributed by atoms with E-state index in [1.165, 1.54) is 23.3 Å². The summed E-state index contributed by atoms with van der Waals surface area (Å²) in [5, 5.41) is 8.98. The molecule has 146 valence electrons. The zero-order valence-corrected chi connectivity index (χ0v) is 16.8. The van der Waals surface area contributed by atoms with E-state index in [2.05, 4.69) is 40.3 Å². The number of carboxylic acids is 1. The Labute approximate surface area is 165 Å². The molecule has 0 aromatic heterocycles. The highest BCUT2D eigenvalue weighted by Gasteiger charge is 2.37. The molecule has 0 spiro atoms. The van der Waals surface area contributed by atoms with E-state index in [0.29, 0.717) is 11.3 Å². The second-order valence-electron chi connectivity index (χ2n) is 8.73. The Balaban J connectivity index is 1.83. The van der Waals surface area contributed by atoms with Gasteiger partial charge in [0, 0.05) is 0 Å². The molecule has 28 heavy (non-hydrogen) atoms. The number of carbonyl (C=O) groups excluding carboxylic acids is 1. The number of aromatic carboxylic acids is 1. The van der Waals surface area contributed by atoms with Crippen LogP contribution < -0.4 is 4.74 Å². The third-order valence-corrected chi connectivity index (χ3v) is 5.76. The number of esters is 1. The second kappa shape index (κ2) is 6.93. The van der Waals surface area contributed by atoms with Crippen molar-refractivity contribution in [1.82, 2.24) is 0 Å². The quantitative estimate of drug-likeness (QED) is 0.442. The highest BCUT2D eigenvalue weighted by Crippen LogP contribution is 2.46. The monoisotopic (exact) mass is 378 g/mol. The Bertz CT molecular complexity index is 949. The lowest BCUT2D eigenvalue weighted by molar-refractivity contribution is -0.127. The molecular formula is C24H26O4. The molecule has 0 amide bonds. The molecule has 0 radical (unpaired) electrons. The molecule has 1 aliphatic rings. The minimum atomic E-state index is -1.01. The van der Waals surface area contributed by atoms with Crippen LogP contribution in [0.1, 0.15) is 67.6 Å². The van der Waals surface area contributed by atoms with Gasteiger partial charge in [0.25, 0.3) is 0 Å². The molecule has 0 aliphatic heterocycles. The van der Waals surface area contributed by atoms with Gasteiger partial charge in [0.1, 0.15) is 5.75 Å². The van der Waals surface area contributed by atoms with Crippen LogP contribution in [0.15, 0.2) is 49.0 Å². The predicted octanol–water partition coefficient (Wildman–Crippen LogP) is 5.35. The fourth-order valence-electron chi connectivity index (χ4n) is 3.73. The van der Waals surface area contributed by atoms with Gasteiger partial charge < -0.3 is 9.84 Å². The highest BCUT2D eigenvalue weighted by atomic mass is 16.5. The van der Waals surface area contributed by atoms with Crippen molar-refractivity contribution in [1.29, 1.82) is 0 Å². The first-order valence-corrected chi connectivity index (χ1v) is 9.41. The summed E-state index contributed by atoms with van der Waals surface area (Å²) in [4.78, 5) is 23.5. The maximum atomic E-state index is 12.6.